The van der Waals surface area contributed by atoms with E-state index < -0.39 is 30.5 Å². The van der Waals surface area contributed by atoms with Gasteiger partial charge < -0.3 is 15.9 Å². The third kappa shape index (κ3) is 18.5. The molecule has 0 aromatic carbocycles. The first kappa shape index (κ1) is 23.3. The Morgan fingerprint density at radius 3 is 1.25 bits per heavy atom. The van der Waals surface area contributed by atoms with Crippen molar-refractivity contribution in [3.05, 3.63) is 12.7 Å². The number of hydrogen-bond donors (Lipinski definition) is 3. The maximum absolute atomic E-state index is 11.6. The third-order valence-electron chi connectivity index (χ3n) is 0.966. The number of carboxylic acid groups (broad SMARTS) is 2. The van der Waals surface area contributed by atoms with E-state index in [1.54, 1.807) is 0 Å². The lowest BCUT2D eigenvalue weighted by molar-refractivity contribution is -0.193. The van der Waals surface area contributed by atoms with E-state index in [4.69, 9.17) is 25.5 Å². The fourth-order valence-electron chi connectivity index (χ4n) is 0.0962. The number of nitrogens with two attached hydrogens (primary N) is 1. The predicted molar refractivity (Wildman–Crippen MR) is 51.5 cm³/mol. The molecule has 0 aliphatic heterocycles. The molecule has 0 aromatic rings. The summed E-state index contributed by atoms with van der Waals surface area (Å²) in [6.45, 7) is 3.22. The number of rotatable bonds is 2. The van der Waals surface area contributed by atoms with E-state index >= 15 is 0 Å². The van der Waals surface area contributed by atoms with Crippen LogP contribution < -0.4 is 5.73 Å². The van der Waals surface area contributed by atoms with E-state index in [0.29, 0.717) is 0 Å². The highest BCUT2D eigenvalue weighted by Crippen LogP contribution is 2.13. The summed E-state index contributed by atoms with van der Waals surface area (Å²) in [7, 11) is 0. The highest BCUT2D eigenvalue weighted by Gasteiger charge is 2.38. The first-order chi connectivity index (χ1) is 8.69. The van der Waals surface area contributed by atoms with Crippen LogP contribution >= 0.6 is 0 Å². The van der Waals surface area contributed by atoms with Crippen molar-refractivity contribution in [1.82, 2.24) is 0 Å². The topological polar surface area (TPSA) is 101 Å². The zero-order chi connectivity index (χ0) is 17.1. The van der Waals surface area contributed by atoms with Gasteiger partial charge in [0, 0.05) is 6.54 Å². The van der Waals surface area contributed by atoms with Crippen molar-refractivity contribution in [2.24, 2.45) is 5.73 Å². The SMILES string of the molecule is C=CC(F)CN.O=C(O)C(F)(F)F.O=C(O)C(F)(F)F. The Hall–Kier alpha value is -1.85. The van der Waals surface area contributed by atoms with E-state index in [1.807, 2.05) is 0 Å². The highest BCUT2D eigenvalue weighted by atomic mass is 19.4. The highest BCUT2D eigenvalue weighted by molar-refractivity contribution is 5.73. The quantitative estimate of drug-likeness (QED) is 0.532. The summed E-state index contributed by atoms with van der Waals surface area (Å²) in [5, 5.41) is 14.2. The molecule has 0 amide bonds. The Labute approximate surface area is 107 Å². The van der Waals surface area contributed by atoms with E-state index in [2.05, 4.69) is 6.58 Å². The summed E-state index contributed by atoms with van der Waals surface area (Å²) < 4.78 is 75.1. The van der Waals surface area contributed by atoms with Gasteiger partial charge in [0.15, 0.2) is 0 Å². The van der Waals surface area contributed by atoms with Crippen LogP contribution in [0.2, 0.25) is 0 Å². The monoisotopic (exact) mass is 317 g/mol. The minimum Gasteiger partial charge on any atom is -0.475 e. The van der Waals surface area contributed by atoms with E-state index in [-0.39, 0.29) is 6.54 Å². The number of hydrogen-bond acceptors (Lipinski definition) is 3. The fourth-order valence-corrected chi connectivity index (χ4v) is 0.0962. The molecule has 0 rings (SSSR count). The van der Waals surface area contributed by atoms with Crippen LogP contribution in [0.15, 0.2) is 12.7 Å². The largest absolute Gasteiger partial charge is 0.490 e. The van der Waals surface area contributed by atoms with E-state index in [9.17, 15) is 30.7 Å². The molecule has 0 bridgehead atoms. The van der Waals surface area contributed by atoms with Crippen molar-refractivity contribution in [2.75, 3.05) is 6.54 Å². The Balaban J connectivity index is -0.000000218. The van der Waals surface area contributed by atoms with Gasteiger partial charge in [0.25, 0.3) is 0 Å². The van der Waals surface area contributed by atoms with Crippen LogP contribution in [-0.4, -0.2) is 47.2 Å². The average Bonchev–Trinajstić information content (AvgIpc) is 2.27. The van der Waals surface area contributed by atoms with Gasteiger partial charge in [-0.3, -0.25) is 0 Å². The Morgan fingerprint density at radius 1 is 1.05 bits per heavy atom. The number of alkyl halides is 7. The van der Waals surface area contributed by atoms with Crippen LogP contribution in [0.1, 0.15) is 0 Å². The molecule has 0 saturated carbocycles. The van der Waals surface area contributed by atoms with E-state index in [1.165, 1.54) is 6.08 Å². The summed E-state index contributed by atoms with van der Waals surface area (Å²) in [4.78, 5) is 17.8. The van der Waals surface area contributed by atoms with Crippen molar-refractivity contribution >= 4 is 11.9 Å². The van der Waals surface area contributed by atoms with Gasteiger partial charge in [0.1, 0.15) is 6.17 Å². The van der Waals surface area contributed by atoms with Crippen LogP contribution in [0.3, 0.4) is 0 Å². The standard InChI is InChI=1S/C4H8FN.2C2HF3O2/c1-2-4(5)3-6;2*3-2(4,5)1(6)7/h2,4H,1,3,6H2;2*(H,6,7). The molecule has 0 radical (unpaired) electrons. The number of carboxylic acids is 2. The molecular weight excluding hydrogens is 307 g/mol. The second kappa shape index (κ2) is 10.00. The van der Waals surface area contributed by atoms with Crippen molar-refractivity contribution in [2.45, 2.75) is 18.5 Å². The van der Waals surface area contributed by atoms with Crippen LogP contribution in [0.25, 0.3) is 0 Å². The summed E-state index contributed by atoms with van der Waals surface area (Å²) in [6.07, 6.45) is -10.0. The molecular formula is C8H10F7NO4. The van der Waals surface area contributed by atoms with Gasteiger partial charge in [-0.2, -0.15) is 26.3 Å². The minimum absolute atomic E-state index is 0.0451. The van der Waals surface area contributed by atoms with Crippen molar-refractivity contribution in [3.8, 4) is 0 Å². The fraction of sp³-hybridized carbons (Fsp3) is 0.500. The maximum atomic E-state index is 11.6. The molecule has 5 nitrogen and oxygen atoms in total. The molecule has 0 saturated heterocycles. The lowest BCUT2D eigenvalue weighted by atomic mass is 10.4. The zero-order valence-electron chi connectivity index (χ0n) is 9.50. The van der Waals surface area contributed by atoms with Crippen molar-refractivity contribution in [3.63, 3.8) is 0 Å². The first-order valence-corrected chi connectivity index (χ1v) is 4.27. The summed E-state index contributed by atoms with van der Waals surface area (Å²) in [5.41, 5.74) is 4.84. The lowest BCUT2D eigenvalue weighted by Crippen LogP contribution is -2.21. The molecule has 0 heterocycles. The molecule has 20 heavy (non-hydrogen) atoms. The van der Waals surface area contributed by atoms with Gasteiger partial charge in [0.2, 0.25) is 0 Å². The Kier molecular flexibility index (Phi) is 11.6. The van der Waals surface area contributed by atoms with Crippen LogP contribution in [-0.2, 0) is 9.59 Å². The summed E-state index contributed by atoms with van der Waals surface area (Å²) in [6, 6.07) is 0. The lowest BCUT2D eigenvalue weighted by Gasteiger charge is -1.93. The molecule has 0 fully saturated rings. The van der Waals surface area contributed by atoms with Gasteiger partial charge in [0.05, 0.1) is 0 Å². The van der Waals surface area contributed by atoms with Crippen LogP contribution in [0.5, 0.6) is 0 Å². The second-order valence-electron chi connectivity index (χ2n) is 2.59. The smallest absolute Gasteiger partial charge is 0.475 e. The minimum atomic E-state index is -5.08. The first-order valence-electron chi connectivity index (χ1n) is 4.27. The van der Waals surface area contributed by atoms with Crippen LogP contribution in [0.4, 0.5) is 30.7 Å². The van der Waals surface area contributed by atoms with Gasteiger partial charge in [-0.25, -0.2) is 14.0 Å². The molecule has 1 unspecified atom stereocenters. The second-order valence-corrected chi connectivity index (χ2v) is 2.59. The number of carbonyl (C=O) groups is 2. The molecule has 1 atom stereocenters. The molecule has 12 heteroatoms. The number of aliphatic carboxylic acids is 2. The Bertz CT molecular complexity index is 289. The maximum Gasteiger partial charge on any atom is 0.490 e. The molecule has 120 valence electrons. The van der Waals surface area contributed by atoms with Gasteiger partial charge >= 0.3 is 24.3 Å². The van der Waals surface area contributed by atoms with E-state index in [0.717, 1.165) is 0 Å². The number of halogens is 7. The van der Waals surface area contributed by atoms with Gasteiger partial charge in [-0.05, 0) is 0 Å². The third-order valence-corrected chi connectivity index (χ3v) is 0.966. The molecule has 0 aliphatic carbocycles. The molecule has 0 aliphatic rings. The molecule has 0 aromatic heterocycles. The predicted octanol–water partition coefficient (Wildman–Crippen LogP) is 1.74. The average molecular weight is 317 g/mol. The normalized spacial score (nSPS) is 12.0. The van der Waals surface area contributed by atoms with Crippen molar-refractivity contribution < 1.29 is 50.5 Å². The summed E-state index contributed by atoms with van der Waals surface area (Å²) >= 11 is 0. The van der Waals surface area contributed by atoms with Gasteiger partial charge in [-0.1, -0.05) is 6.08 Å². The summed E-state index contributed by atoms with van der Waals surface area (Å²) in [5.74, 6) is -5.51. The van der Waals surface area contributed by atoms with Gasteiger partial charge in [-0.15, -0.1) is 6.58 Å². The molecule has 0 spiro atoms. The van der Waals surface area contributed by atoms with Crippen molar-refractivity contribution in [1.29, 1.82) is 0 Å². The zero-order valence-corrected chi connectivity index (χ0v) is 9.50. The van der Waals surface area contributed by atoms with Crippen LogP contribution in [0, 0.1) is 0 Å². The Morgan fingerprint density at radius 2 is 1.25 bits per heavy atom. The molecule has 4 N–H and O–H groups in total.